The van der Waals surface area contributed by atoms with E-state index in [2.05, 4.69) is 44.9 Å². The van der Waals surface area contributed by atoms with Crippen LogP contribution in [0.25, 0.3) is 21.9 Å². The third kappa shape index (κ3) is 4.15. The summed E-state index contributed by atoms with van der Waals surface area (Å²) in [6.45, 7) is 5.19. The van der Waals surface area contributed by atoms with Crippen LogP contribution in [0.2, 0.25) is 0 Å². The molecule has 0 unspecified atom stereocenters. The van der Waals surface area contributed by atoms with E-state index in [-0.39, 0.29) is 0 Å². The van der Waals surface area contributed by atoms with Gasteiger partial charge in [0.2, 0.25) is 0 Å². The summed E-state index contributed by atoms with van der Waals surface area (Å²) in [5, 5.41) is 13.3. The Hall–Kier alpha value is -3.28. The molecule has 3 N–H and O–H groups in total. The largest absolute Gasteiger partial charge is 0.508 e. The molecule has 0 aliphatic heterocycles. The molecule has 0 amide bonds. The van der Waals surface area contributed by atoms with Gasteiger partial charge in [-0.2, -0.15) is 0 Å². The van der Waals surface area contributed by atoms with Crippen LogP contribution in [0.1, 0.15) is 42.3 Å². The summed E-state index contributed by atoms with van der Waals surface area (Å²) in [6.07, 6.45) is 2.99. The molecule has 0 atom stereocenters. The Morgan fingerprint density at radius 1 is 1.16 bits per heavy atom. The molecule has 4 aromatic rings. The Labute approximate surface area is 186 Å². The molecule has 158 valence electrons. The summed E-state index contributed by atoms with van der Waals surface area (Å²) in [4.78, 5) is 13.5. The van der Waals surface area contributed by atoms with Crippen LogP contribution in [0.5, 0.6) is 5.75 Å². The summed E-state index contributed by atoms with van der Waals surface area (Å²) in [5.74, 6) is 1.73. The Morgan fingerprint density at radius 3 is 2.71 bits per heavy atom. The van der Waals surface area contributed by atoms with Gasteiger partial charge < -0.3 is 15.4 Å². The zero-order valence-electron chi connectivity index (χ0n) is 17.7. The number of isothiocyanates is 1. The minimum absolute atomic E-state index is 0.302. The van der Waals surface area contributed by atoms with Gasteiger partial charge in [0.05, 0.1) is 22.7 Å². The number of aromatic nitrogens is 3. The lowest BCUT2D eigenvalue weighted by atomic mass is 10.1. The van der Waals surface area contributed by atoms with Gasteiger partial charge in [-0.3, -0.25) is 0 Å². The van der Waals surface area contributed by atoms with Gasteiger partial charge in [0.1, 0.15) is 17.1 Å². The van der Waals surface area contributed by atoms with Crippen molar-refractivity contribution in [3.8, 4) is 5.75 Å². The van der Waals surface area contributed by atoms with E-state index >= 15 is 0 Å². The highest BCUT2D eigenvalue weighted by Crippen LogP contribution is 2.31. The number of unbranched alkanes of at least 4 members (excludes halogenated alkanes) is 1. The zero-order valence-corrected chi connectivity index (χ0v) is 18.5. The molecule has 0 spiro atoms. The van der Waals surface area contributed by atoms with Crippen molar-refractivity contribution in [1.82, 2.24) is 14.5 Å². The molecule has 2 heterocycles. The number of aliphatic imine (C=N–C) groups is 1. The van der Waals surface area contributed by atoms with Crippen molar-refractivity contribution in [2.24, 2.45) is 4.99 Å². The van der Waals surface area contributed by atoms with Crippen molar-refractivity contribution in [3.63, 3.8) is 0 Å². The van der Waals surface area contributed by atoms with E-state index in [1.165, 1.54) is 0 Å². The number of fused-ring (bicyclic) bond motifs is 3. The Kier molecular flexibility index (Phi) is 5.98. The van der Waals surface area contributed by atoms with E-state index in [4.69, 9.17) is 10.7 Å². The predicted octanol–water partition coefficient (Wildman–Crippen LogP) is 5.17. The highest BCUT2D eigenvalue weighted by Gasteiger charge is 2.18. The number of pyridine rings is 1. The van der Waals surface area contributed by atoms with Crippen molar-refractivity contribution in [2.75, 3.05) is 5.73 Å². The zero-order chi connectivity index (χ0) is 22.0. The number of phenolic OH excluding ortho intramolecular Hbond substituents is 1. The number of rotatable bonds is 7. The van der Waals surface area contributed by atoms with Crippen LogP contribution in [0.3, 0.4) is 0 Å². The monoisotopic (exact) mass is 431 g/mol. The van der Waals surface area contributed by atoms with Crippen molar-refractivity contribution >= 4 is 45.1 Å². The fourth-order valence-electron chi connectivity index (χ4n) is 3.92. The van der Waals surface area contributed by atoms with Crippen LogP contribution < -0.4 is 5.73 Å². The Bertz CT molecular complexity index is 1320. The summed E-state index contributed by atoms with van der Waals surface area (Å²) in [5.41, 5.74) is 11.8. The first-order chi connectivity index (χ1) is 15.0. The second kappa shape index (κ2) is 8.84. The number of nitrogen functional groups attached to an aromatic ring is 1. The number of nitrogens with two attached hydrogens (primary N) is 1. The number of imidazole rings is 1. The summed E-state index contributed by atoms with van der Waals surface area (Å²) in [6, 6.07) is 11.8. The fraction of sp³-hybridized carbons (Fsp3) is 0.292. The second-order valence-electron chi connectivity index (χ2n) is 7.79. The first-order valence-electron chi connectivity index (χ1n) is 10.4. The van der Waals surface area contributed by atoms with Gasteiger partial charge in [-0.15, -0.1) is 0 Å². The van der Waals surface area contributed by atoms with Crippen LogP contribution >= 0.6 is 12.2 Å². The molecule has 2 aromatic heterocycles. The molecule has 0 saturated carbocycles. The van der Waals surface area contributed by atoms with Gasteiger partial charge in [-0.25, -0.2) is 15.0 Å². The third-order valence-electron chi connectivity index (χ3n) is 5.53. The number of hydrogen-bond acceptors (Lipinski definition) is 6. The van der Waals surface area contributed by atoms with Gasteiger partial charge >= 0.3 is 0 Å². The minimum Gasteiger partial charge on any atom is -0.508 e. The molecule has 0 fully saturated rings. The van der Waals surface area contributed by atoms with Crippen LogP contribution in [-0.4, -0.2) is 24.8 Å². The molecule has 31 heavy (non-hydrogen) atoms. The lowest BCUT2D eigenvalue weighted by Crippen LogP contribution is -2.06. The number of aryl methyl sites for hydroxylation is 2. The molecule has 0 radical (unpaired) electrons. The molecule has 7 heteroatoms. The van der Waals surface area contributed by atoms with E-state index in [9.17, 15) is 5.11 Å². The number of phenols is 1. The molecule has 2 aromatic carbocycles. The van der Waals surface area contributed by atoms with Crippen molar-refractivity contribution in [3.05, 3.63) is 58.9 Å². The van der Waals surface area contributed by atoms with Crippen LogP contribution in [-0.2, 0) is 19.5 Å². The van der Waals surface area contributed by atoms with E-state index in [0.717, 1.165) is 63.7 Å². The van der Waals surface area contributed by atoms with Gasteiger partial charge in [0.25, 0.3) is 0 Å². The first kappa shape index (κ1) is 21.0. The van der Waals surface area contributed by atoms with Crippen LogP contribution in [0.4, 0.5) is 5.82 Å². The van der Waals surface area contributed by atoms with Gasteiger partial charge in [-0.05, 0) is 54.4 Å². The maximum Gasteiger partial charge on any atom is 0.152 e. The summed E-state index contributed by atoms with van der Waals surface area (Å²) in [7, 11) is 0. The quantitative estimate of drug-likeness (QED) is 0.311. The molecular formula is C24H25N5OS. The molecule has 0 aliphatic rings. The van der Waals surface area contributed by atoms with Crippen molar-refractivity contribution < 1.29 is 5.11 Å². The molecule has 6 nitrogen and oxygen atoms in total. The van der Waals surface area contributed by atoms with Gasteiger partial charge in [0.15, 0.2) is 5.82 Å². The SMILES string of the molecule is CCCCc1nc2c(N)nc3cc(CN=C=S)ccc3c2n1Cc1ccc(O)c(C)c1. The predicted molar refractivity (Wildman–Crippen MR) is 129 cm³/mol. The van der Waals surface area contributed by atoms with E-state index in [0.29, 0.717) is 24.7 Å². The summed E-state index contributed by atoms with van der Waals surface area (Å²) >= 11 is 4.69. The molecule has 0 bridgehead atoms. The maximum absolute atomic E-state index is 9.91. The second-order valence-corrected chi connectivity index (χ2v) is 7.97. The van der Waals surface area contributed by atoms with Crippen LogP contribution in [0, 0.1) is 6.92 Å². The van der Waals surface area contributed by atoms with E-state index in [1.807, 2.05) is 31.2 Å². The first-order valence-corrected chi connectivity index (χ1v) is 10.8. The Morgan fingerprint density at radius 2 is 1.97 bits per heavy atom. The normalized spacial score (nSPS) is 11.2. The molecule has 0 saturated heterocycles. The smallest absolute Gasteiger partial charge is 0.152 e. The van der Waals surface area contributed by atoms with E-state index < -0.39 is 0 Å². The highest BCUT2D eigenvalue weighted by atomic mass is 32.1. The number of aromatic hydroxyl groups is 1. The van der Waals surface area contributed by atoms with E-state index in [1.54, 1.807) is 6.07 Å². The molecule has 4 rings (SSSR count). The number of anilines is 1. The van der Waals surface area contributed by atoms with Crippen molar-refractivity contribution in [1.29, 1.82) is 0 Å². The number of nitrogens with zero attached hydrogens (tertiary/aromatic N) is 4. The highest BCUT2D eigenvalue weighted by molar-refractivity contribution is 7.78. The van der Waals surface area contributed by atoms with Gasteiger partial charge in [0, 0.05) is 18.4 Å². The topological polar surface area (TPSA) is 89.3 Å². The third-order valence-corrected chi connectivity index (χ3v) is 5.66. The minimum atomic E-state index is 0.302. The summed E-state index contributed by atoms with van der Waals surface area (Å²) < 4.78 is 2.24. The lowest BCUT2D eigenvalue weighted by Gasteiger charge is -2.12. The van der Waals surface area contributed by atoms with Crippen LogP contribution in [0.15, 0.2) is 41.4 Å². The Balaban J connectivity index is 1.93. The van der Waals surface area contributed by atoms with Crippen molar-refractivity contribution in [2.45, 2.75) is 46.2 Å². The maximum atomic E-state index is 9.91. The average molecular weight is 432 g/mol. The number of benzene rings is 2. The number of thiocarbonyl (C=S) groups is 1. The van der Waals surface area contributed by atoms with Gasteiger partial charge in [-0.1, -0.05) is 37.6 Å². The molecular weight excluding hydrogens is 406 g/mol. The fourth-order valence-corrected chi connectivity index (χ4v) is 3.98. The molecule has 0 aliphatic carbocycles. The lowest BCUT2D eigenvalue weighted by molar-refractivity contribution is 0.470. The number of hydrogen-bond donors (Lipinski definition) is 2. The average Bonchev–Trinajstić information content (AvgIpc) is 3.12. The standard InChI is InChI=1S/C24H25N5OS/c1-3-4-5-21-28-22-23(29(21)13-17-7-9-20(30)15(2)10-17)18-8-6-16(12-26-14-31)11-19(18)27-24(22)25/h6-11,30H,3-5,12-13H2,1-2H3,(H2,25,27).